The number of benzene rings is 1. The van der Waals surface area contributed by atoms with Crippen LogP contribution in [0.2, 0.25) is 0 Å². The van der Waals surface area contributed by atoms with Crippen LogP contribution in [0.5, 0.6) is 0 Å². The van der Waals surface area contributed by atoms with Crippen LogP contribution in [0.15, 0.2) is 24.4 Å². The van der Waals surface area contributed by atoms with Gasteiger partial charge < -0.3 is 21.5 Å². The zero-order valence-corrected chi connectivity index (χ0v) is 17.8. The van der Waals surface area contributed by atoms with E-state index in [0.29, 0.717) is 24.2 Å². The van der Waals surface area contributed by atoms with Gasteiger partial charge in [-0.05, 0) is 25.0 Å². The number of alkyl halides is 1. The van der Waals surface area contributed by atoms with Crippen molar-refractivity contribution in [2.45, 2.75) is 31.2 Å². The summed E-state index contributed by atoms with van der Waals surface area (Å²) in [6.07, 6.45) is 0.466. The lowest BCUT2D eigenvalue weighted by Gasteiger charge is -2.17. The van der Waals surface area contributed by atoms with Gasteiger partial charge in [0.2, 0.25) is 0 Å². The quantitative estimate of drug-likeness (QED) is 0.543. The van der Waals surface area contributed by atoms with E-state index in [2.05, 4.69) is 15.4 Å². The Balaban J connectivity index is 1.59. The lowest BCUT2D eigenvalue weighted by Crippen LogP contribution is -2.32. The van der Waals surface area contributed by atoms with Gasteiger partial charge in [0, 0.05) is 13.1 Å². The number of nitrogens with one attached hydrogen (secondary N) is 1. The van der Waals surface area contributed by atoms with E-state index >= 15 is 0 Å². The molecule has 8 nitrogen and oxygen atoms in total. The van der Waals surface area contributed by atoms with Crippen molar-refractivity contribution in [3.05, 3.63) is 47.4 Å². The van der Waals surface area contributed by atoms with E-state index in [1.807, 2.05) is 0 Å². The molecule has 0 radical (unpaired) electrons. The summed E-state index contributed by atoms with van der Waals surface area (Å²) in [6, 6.07) is 2.80. The topological polar surface area (TPSA) is 121 Å². The molecule has 1 aromatic carbocycles. The van der Waals surface area contributed by atoms with Gasteiger partial charge in [-0.3, -0.25) is 9.48 Å². The standard InChI is InChI=1S/C20H21F3N6O2S/c1-29-17(14-6-5-12(24)11(23)8-31-14)13(7-26-29)27-19(30)16-18(25)32-20(28-16)15-9(21)3-2-4-10(15)22/h2-4,7,11-12,14H,5-6,8,24-25H2,1H3,(H,27,30)/t11-,12-,14?/m1/s1. The number of nitrogens with two attached hydrogens (primary N) is 2. The third-order valence-corrected chi connectivity index (χ3v) is 6.17. The van der Waals surface area contributed by atoms with Gasteiger partial charge in [0.1, 0.15) is 33.9 Å². The lowest BCUT2D eigenvalue weighted by molar-refractivity contribution is 0.0247. The molecule has 1 aliphatic heterocycles. The zero-order valence-electron chi connectivity index (χ0n) is 17.0. The van der Waals surface area contributed by atoms with Crippen molar-refractivity contribution in [3.8, 4) is 10.6 Å². The average Bonchev–Trinajstić information content (AvgIpc) is 3.25. The molecule has 3 aromatic rings. The number of rotatable bonds is 4. The molecule has 1 amide bonds. The molecule has 1 fully saturated rings. The maximum Gasteiger partial charge on any atom is 0.277 e. The van der Waals surface area contributed by atoms with Crippen LogP contribution in [-0.2, 0) is 11.8 Å². The minimum Gasteiger partial charge on any atom is -0.389 e. The van der Waals surface area contributed by atoms with Crippen LogP contribution < -0.4 is 16.8 Å². The number of carbonyl (C=O) groups excluding carboxylic acids is 1. The largest absolute Gasteiger partial charge is 0.389 e. The van der Waals surface area contributed by atoms with Crippen molar-refractivity contribution in [1.82, 2.24) is 14.8 Å². The van der Waals surface area contributed by atoms with E-state index in [1.165, 1.54) is 16.9 Å². The Labute approximate surface area is 185 Å². The Kier molecular flexibility index (Phi) is 6.17. The molecular weight excluding hydrogens is 445 g/mol. The van der Waals surface area contributed by atoms with Gasteiger partial charge in [-0.25, -0.2) is 18.2 Å². The molecule has 1 saturated heterocycles. The van der Waals surface area contributed by atoms with Gasteiger partial charge in [-0.1, -0.05) is 17.4 Å². The maximum atomic E-state index is 14.1. The summed E-state index contributed by atoms with van der Waals surface area (Å²) >= 11 is 0.800. The Morgan fingerprint density at radius 1 is 1.31 bits per heavy atom. The summed E-state index contributed by atoms with van der Waals surface area (Å²) in [5, 5.41) is 6.78. The number of nitrogen functional groups attached to an aromatic ring is 1. The predicted molar refractivity (Wildman–Crippen MR) is 114 cm³/mol. The van der Waals surface area contributed by atoms with Gasteiger partial charge in [0.05, 0.1) is 29.7 Å². The van der Waals surface area contributed by atoms with Crippen LogP contribution in [0, 0.1) is 11.6 Å². The molecule has 0 saturated carbocycles. The SMILES string of the molecule is Cn1ncc(NC(=O)c2nc(-c3c(F)cccc3F)sc2N)c1C1CC[C@@H](N)[C@H](F)CO1. The first-order chi connectivity index (χ1) is 15.3. The number of ether oxygens (including phenoxy) is 1. The van der Waals surface area contributed by atoms with Gasteiger partial charge in [0.15, 0.2) is 5.69 Å². The number of anilines is 2. The molecule has 4 rings (SSSR count). The minimum atomic E-state index is -1.28. The Morgan fingerprint density at radius 3 is 2.75 bits per heavy atom. The highest BCUT2D eigenvalue weighted by molar-refractivity contribution is 7.19. The van der Waals surface area contributed by atoms with Crippen molar-refractivity contribution in [2.75, 3.05) is 17.7 Å². The predicted octanol–water partition coefficient (Wildman–Crippen LogP) is 3.17. The number of hydrogen-bond acceptors (Lipinski definition) is 7. The summed E-state index contributed by atoms with van der Waals surface area (Å²) < 4.78 is 49.3. The van der Waals surface area contributed by atoms with Crippen molar-refractivity contribution >= 4 is 27.9 Å². The number of carbonyl (C=O) groups is 1. The average molecular weight is 466 g/mol. The molecule has 3 heterocycles. The van der Waals surface area contributed by atoms with Crippen molar-refractivity contribution in [3.63, 3.8) is 0 Å². The number of nitrogens with zero attached hydrogens (tertiary/aromatic N) is 3. The van der Waals surface area contributed by atoms with Crippen LogP contribution in [0.25, 0.3) is 10.6 Å². The summed E-state index contributed by atoms with van der Waals surface area (Å²) in [7, 11) is 1.67. The highest BCUT2D eigenvalue weighted by atomic mass is 32.1. The number of amides is 1. The first kappa shape index (κ1) is 22.2. The third kappa shape index (κ3) is 4.20. The molecule has 12 heteroatoms. The fourth-order valence-electron chi connectivity index (χ4n) is 3.57. The molecule has 32 heavy (non-hydrogen) atoms. The van der Waals surface area contributed by atoms with E-state index < -0.39 is 35.9 Å². The van der Waals surface area contributed by atoms with E-state index in [9.17, 15) is 18.0 Å². The first-order valence-electron chi connectivity index (χ1n) is 9.81. The first-order valence-corrected chi connectivity index (χ1v) is 10.6. The Morgan fingerprint density at radius 2 is 2.03 bits per heavy atom. The van der Waals surface area contributed by atoms with E-state index in [-0.39, 0.29) is 27.9 Å². The molecule has 1 unspecified atom stereocenters. The smallest absolute Gasteiger partial charge is 0.277 e. The summed E-state index contributed by atoms with van der Waals surface area (Å²) in [5.74, 6) is -2.30. The monoisotopic (exact) mass is 466 g/mol. The molecule has 0 bridgehead atoms. The molecule has 170 valence electrons. The minimum absolute atomic E-state index is 0.00237. The van der Waals surface area contributed by atoms with Crippen LogP contribution in [-0.4, -0.2) is 39.5 Å². The molecule has 0 aliphatic carbocycles. The van der Waals surface area contributed by atoms with Crippen molar-refractivity contribution < 1.29 is 22.7 Å². The summed E-state index contributed by atoms with van der Waals surface area (Å²) in [6.45, 7) is -0.166. The second-order valence-corrected chi connectivity index (χ2v) is 8.46. The number of aryl methyl sites for hydroxylation is 1. The molecule has 0 spiro atoms. The highest BCUT2D eigenvalue weighted by Crippen LogP contribution is 2.35. The molecular formula is C20H21F3N6O2S. The van der Waals surface area contributed by atoms with Crippen molar-refractivity contribution in [2.24, 2.45) is 12.8 Å². The van der Waals surface area contributed by atoms with E-state index in [0.717, 1.165) is 23.5 Å². The molecule has 1 aliphatic rings. The molecule has 5 N–H and O–H groups in total. The van der Waals surface area contributed by atoms with E-state index in [4.69, 9.17) is 16.2 Å². The second-order valence-electron chi connectivity index (χ2n) is 7.43. The fourth-order valence-corrected chi connectivity index (χ4v) is 4.44. The lowest BCUT2D eigenvalue weighted by atomic mass is 10.0. The van der Waals surface area contributed by atoms with E-state index in [1.54, 1.807) is 7.05 Å². The zero-order chi connectivity index (χ0) is 23.0. The highest BCUT2D eigenvalue weighted by Gasteiger charge is 2.30. The molecule has 3 atom stereocenters. The van der Waals surface area contributed by atoms with Crippen molar-refractivity contribution in [1.29, 1.82) is 0 Å². The normalized spacial score (nSPS) is 21.3. The second kappa shape index (κ2) is 8.88. The summed E-state index contributed by atoms with van der Waals surface area (Å²) in [5.41, 5.74) is 12.1. The van der Waals surface area contributed by atoms with Gasteiger partial charge in [0.25, 0.3) is 5.91 Å². The third-order valence-electron chi connectivity index (χ3n) is 5.27. The van der Waals surface area contributed by atoms with Crippen LogP contribution in [0.3, 0.4) is 0 Å². The number of halogens is 3. The number of thiazole rings is 1. The van der Waals surface area contributed by atoms with Gasteiger partial charge >= 0.3 is 0 Å². The number of hydrogen-bond donors (Lipinski definition) is 3. The molecule has 2 aromatic heterocycles. The van der Waals surface area contributed by atoms with Crippen LogP contribution in [0.4, 0.5) is 23.9 Å². The number of aromatic nitrogens is 3. The van der Waals surface area contributed by atoms with Crippen LogP contribution >= 0.6 is 11.3 Å². The van der Waals surface area contributed by atoms with Crippen LogP contribution in [0.1, 0.15) is 35.1 Å². The summed E-state index contributed by atoms with van der Waals surface area (Å²) in [4.78, 5) is 16.9. The maximum absolute atomic E-state index is 14.1. The van der Waals surface area contributed by atoms with Gasteiger partial charge in [-0.15, -0.1) is 0 Å². The Hall–Kier alpha value is -2.96. The van der Waals surface area contributed by atoms with Gasteiger partial charge in [-0.2, -0.15) is 5.10 Å². The fraction of sp³-hybridized carbons (Fsp3) is 0.350. The Bertz CT molecular complexity index is 1120.